The van der Waals surface area contributed by atoms with E-state index in [9.17, 15) is 0 Å². The third-order valence-electron chi connectivity index (χ3n) is 11.3. The van der Waals surface area contributed by atoms with Gasteiger partial charge in [-0.2, -0.15) is 0 Å². The summed E-state index contributed by atoms with van der Waals surface area (Å²) in [6.45, 7) is 14.1. The van der Waals surface area contributed by atoms with Gasteiger partial charge in [-0.25, -0.2) is 0 Å². The molecule has 4 unspecified atom stereocenters. The van der Waals surface area contributed by atoms with E-state index in [-0.39, 0.29) is 5.41 Å². The van der Waals surface area contributed by atoms with Gasteiger partial charge in [0.1, 0.15) is 0 Å². The van der Waals surface area contributed by atoms with E-state index in [1.165, 1.54) is 81.8 Å². The fraction of sp³-hybridized carbons (Fsp3) is 0.500. The number of hydrogen-bond donors (Lipinski definition) is 0. The number of benzene rings is 3. The smallest absolute Gasteiger partial charge is 0.0277 e. The molecule has 0 fully saturated rings. The second-order valence-electron chi connectivity index (χ2n) is 15.7. The standard InChI is InChI=1S/C44H56/c1-7-8-9-10-17-33-26-32(3)34(27-31(33)2)18-15-16-25-44(37-23-24-38-35(29-37)28-36(38)30-43(4,5)6)41-21-13-11-19-39(41)40-20-12-14-22-42(40)44/h11-14,19-24,26-27,29,36,39,41H,7-10,15-18,25,28,30H2,1-6H3. The van der Waals surface area contributed by atoms with Gasteiger partial charge < -0.3 is 0 Å². The molecule has 3 aliphatic rings. The van der Waals surface area contributed by atoms with Crippen LogP contribution in [0.3, 0.4) is 0 Å². The summed E-state index contributed by atoms with van der Waals surface area (Å²) in [5, 5.41) is 0. The summed E-state index contributed by atoms with van der Waals surface area (Å²) in [6, 6.07) is 22.1. The first-order valence-electron chi connectivity index (χ1n) is 17.9. The largest absolute Gasteiger partial charge is 0.0793 e. The molecule has 3 aromatic rings. The van der Waals surface area contributed by atoms with Crippen molar-refractivity contribution in [3.05, 3.63) is 129 Å². The number of aryl methyl sites for hydroxylation is 4. The first-order valence-corrected chi connectivity index (χ1v) is 17.9. The van der Waals surface area contributed by atoms with Crippen molar-refractivity contribution in [2.45, 2.75) is 129 Å². The minimum atomic E-state index is 0.0416. The van der Waals surface area contributed by atoms with Crippen LogP contribution >= 0.6 is 0 Å². The van der Waals surface area contributed by atoms with Gasteiger partial charge in [0.25, 0.3) is 0 Å². The molecule has 3 aromatic carbocycles. The highest BCUT2D eigenvalue weighted by atomic mass is 14.5. The van der Waals surface area contributed by atoms with Crippen molar-refractivity contribution in [3.63, 3.8) is 0 Å². The quantitative estimate of drug-likeness (QED) is 0.186. The molecule has 0 aromatic heterocycles. The maximum atomic E-state index is 2.63. The van der Waals surface area contributed by atoms with Crippen molar-refractivity contribution in [3.8, 4) is 0 Å². The van der Waals surface area contributed by atoms with Gasteiger partial charge in [-0.1, -0.05) is 132 Å². The maximum Gasteiger partial charge on any atom is 0.0277 e. The summed E-state index contributed by atoms with van der Waals surface area (Å²) < 4.78 is 0. The molecule has 0 amide bonds. The first-order chi connectivity index (χ1) is 21.2. The van der Waals surface area contributed by atoms with Crippen LogP contribution in [0.5, 0.6) is 0 Å². The van der Waals surface area contributed by atoms with Crippen molar-refractivity contribution in [2.75, 3.05) is 0 Å². The van der Waals surface area contributed by atoms with Crippen molar-refractivity contribution in [2.24, 2.45) is 11.3 Å². The molecule has 0 radical (unpaired) electrons. The van der Waals surface area contributed by atoms with Crippen molar-refractivity contribution < 1.29 is 0 Å². The van der Waals surface area contributed by atoms with Crippen LogP contribution in [0.15, 0.2) is 78.9 Å². The van der Waals surface area contributed by atoms with Gasteiger partial charge in [-0.15, -0.1) is 0 Å². The average Bonchev–Trinajstić information content (AvgIpc) is 3.28. The van der Waals surface area contributed by atoms with Crippen LogP contribution in [0, 0.1) is 25.2 Å². The van der Waals surface area contributed by atoms with Crippen LogP contribution in [0.4, 0.5) is 0 Å². The number of allylic oxidation sites excluding steroid dienone is 4. The van der Waals surface area contributed by atoms with Gasteiger partial charge in [-0.05, 0) is 120 Å². The molecule has 0 saturated carbocycles. The van der Waals surface area contributed by atoms with Gasteiger partial charge in [0.2, 0.25) is 0 Å². The third-order valence-corrected chi connectivity index (χ3v) is 11.3. The van der Waals surface area contributed by atoms with E-state index in [0.29, 0.717) is 17.3 Å². The molecule has 0 heterocycles. The van der Waals surface area contributed by atoms with E-state index in [0.717, 1.165) is 5.92 Å². The Balaban J connectivity index is 1.24. The second-order valence-corrected chi connectivity index (χ2v) is 15.7. The Labute approximate surface area is 269 Å². The predicted octanol–water partition coefficient (Wildman–Crippen LogP) is 12.0. The first kappa shape index (κ1) is 31.1. The topological polar surface area (TPSA) is 0 Å². The summed E-state index contributed by atoms with van der Waals surface area (Å²) in [6.07, 6.45) is 23.6. The van der Waals surface area contributed by atoms with Crippen LogP contribution < -0.4 is 0 Å². The minimum Gasteiger partial charge on any atom is -0.0793 e. The van der Waals surface area contributed by atoms with Crippen LogP contribution in [0.25, 0.3) is 0 Å². The number of unbranched alkanes of at least 4 members (excludes halogenated alkanes) is 4. The molecule has 4 atom stereocenters. The number of fused-ring (bicyclic) bond motifs is 4. The van der Waals surface area contributed by atoms with Gasteiger partial charge in [0.15, 0.2) is 0 Å². The summed E-state index contributed by atoms with van der Waals surface area (Å²) in [5.41, 5.74) is 14.4. The van der Waals surface area contributed by atoms with E-state index < -0.39 is 0 Å². The maximum absolute atomic E-state index is 2.63. The molecule has 0 aliphatic heterocycles. The molecule has 0 saturated heterocycles. The normalized spacial score (nSPS) is 23.3. The Morgan fingerprint density at radius 1 is 0.750 bits per heavy atom. The Morgan fingerprint density at radius 3 is 2.16 bits per heavy atom. The molecule has 0 N–H and O–H groups in total. The Kier molecular flexibility index (Phi) is 9.10. The molecule has 0 heteroatoms. The Hall–Kier alpha value is -2.86. The SMILES string of the molecule is CCCCCCc1cc(C)c(CCCCC2(c3ccc4c(c3)CC4CC(C)(C)C)c3ccccc3C3C=CC=CC32)cc1C. The van der Waals surface area contributed by atoms with Gasteiger partial charge >= 0.3 is 0 Å². The zero-order valence-electron chi connectivity index (χ0n) is 28.5. The van der Waals surface area contributed by atoms with E-state index in [1.807, 2.05) is 0 Å². The van der Waals surface area contributed by atoms with E-state index in [2.05, 4.69) is 120 Å². The van der Waals surface area contributed by atoms with Crippen LogP contribution in [-0.4, -0.2) is 0 Å². The molecule has 3 aliphatic carbocycles. The molecule has 44 heavy (non-hydrogen) atoms. The highest BCUT2D eigenvalue weighted by molar-refractivity contribution is 5.58. The highest BCUT2D eigenvalue weighted by Crippen LogP contribution is 2.59. The van der Waals surface area contributed by atoms with Gasteiger partial charge in [0.05, 0.1) is 0 Å². The lowest BCUT2D eigenvalue weighted by atomic mass is 9.62. The number of rotatable bonds is 12. The monoisotopic (exact) mass is 584 g/mol. The third kappa shape index (κ3) is 6.03. The molecule has 0 nitrogen and oxygen atoms in total. The lowest BCUT2D eigenvalue weighted by molar-refractivity contribution is 0.322. The molecule has 232 valence electrons. The zero-order chi connectivity index (χ0) is 30.9. The fourth-order valence-corrected chi connectivity index (χ4v) is 9.10. The zero-order valence-corrected chi connectivity index (χ0v) is 28.5. The minimum absolute atomic E-state index is 0.0416. The van der Waals surface area contributed by atoms with E-state index >= 15 is 0 Å². The van der Waals surface area contributed by atoms with Crippen molar-refractivity contribution in [1.82, 2.24) is 0 Å². The van der Waals surface area contributed by atoms with E-state index in [1.54, 1.807) is 38.9 Å². The average molecular weight is 585 g/mol. The van der Waals surface area contributed by atoms with Crippen LogP contribution in [-0.2, 0) is 24.7 Å². The predicted molar refractivity (Wildman–Crippen MR) is 190 cm³/mol. The molecule has 0 bridgehead atoms. The van der Waals surface area contributed by atoms with Crippen LogP contribution in [0.2, 0.25) is 0 Å². The Morgan fingerprint density at radius 2 is 1.45 bits per heavy atom. The second kappa shape index (κ2) is 12.9. The summed E-state index contributed by atoms with van der Waals surface area (Å²) in [7, 11) is 0. The number of hydrogen-bond acceptors (Lipinski definition) is 0. The molecular weight excluding hydrogens is 528 g/mol. The van der Waals surface area contributed by atoms with Gasteiger partial charge in [0, 0.05) is 17.3 Å². The van der Waals surface area contributed by atoms with Gasteiger partial charge in [-0.3, -0.25) is 0 Å². The van der Waals surface area contributed by atoms with Crippen molar-refractivity contribution in [1.29, 1.82) is 0 Å². The summed E-state index contributed by atoms with van der Waals surface area (Å²) in [5.74, 6) is 1.69. The molecule has 0 spiro atoms. The Bertz CT molecular complexity index is 1520. The molecule has 6 rings (SSSR count). The summed E-state index contributed by atoms with van der Waals surface area (Å²) >= 11 is 0. The van der Waals surface area contributed by atoms with Crippen LogP contribution in [0.1, 0.15) is 141 Å². The van der Waals surface area contributed by atoms with E-state index in [4.69, 9.17) is 0 Å². The summed E-state index contributed by atoms with van der Waals surface area (Å²) in [4.78, 5) is 0. The molecular formula is C44H56. The fourth-order valence-electron chi connectivity index (χ4n) is 9.10. The lowest BCUT2D eigenvalue weighted by Gasteiger charge is -2.41. The lowest BCUT2D eigenvalue weighted by Crippen LogP contribution is -2.34. The van der Waals surface area contributed by atoms with Crippen molar-refractivity contribution >= 4 is 0 Å². The highest BCUT2D eigenvalue weighted by Gasteiger charge is 2.51.